The number of fused-ring (bicyclic) bond motifs is 2. The van der Waals surface area contributed by atoms with Crippen molar-refractivity contribution in [3.63, 3.8) is 0 Å². The van der Waals surface area contributed by atoms with Crippen molar-refractivity contribution in [2.75, 3.05) is 0 Å². The van der Waals surface area contributed by atoms with Crippen molar-refractivity contribution in [1.82, 2.24) is 25.1 Å². The van der Waals surface area contributed by atoms with Crippen LogP contribution in [0.5, 0.6) is 0 Å². The zero-order chi connectivity index (χ0) is 19.8. The van der Waals surface area contributed by atoms with Crippen LogP contribution in [0, 0.1) is 13.8 Å². The maximum atomic E-state index is 13.0. The number of aromatic nitrogens is 4. The summed E-state index contributed by atoms with van der Waals surface area (Å²) in [7, 11) is 0. The lowest BCUT2D eigenvalue weighted by atomic mass is 10.1. The van der Waals surface area contributed by atoms with Gasteiger partial charge in [0, 0.05) is 31.1 Å². The van der Waals surface area contributed by atoms with Crippen LogP contribution in [0.3, 0.4) is 0 Å². The molecule has 0 saturated carbocycles. The topological polar surface area (TPSA) is 92.7 Å². The second-order valence-corrected chi connectivity index (χ2v) is 8.65. The van der Waals surface area contributed by atoms with E-state index in [0.29, 0.717) is 28.1 Å². The number of carbonyl (C=O) groups excluding carboxylic acids is 1. The normalized spacial score (nSPS) is 15.2. The molecule has 4 rings (SSSR count). The second kappa shape index (κ2) is 7.50. The SMILES string of the molecule is Cc1cc(C[C@@H](C)NC(=O)c2sc3nc4n(c(=O)c3c2C)CCCCC4)n[nH]1. The first-order valence-corrected chi connectivity index (χ1v) is 10.6. The molecule has 0 spiro atoms. The number of amides is 1. The van der Waals surface area contributed by atoms with Crippen LogP contribution in [-0.2, 0) is 19.4 Å². The Kier molecular flexibility index (Phi) is 5.05. The van der Waals surface area contributed by atoms with Crippen molar-refractivity contribution in [1.29, 1.82) is 0 Å². The summed E-state index contributed by atoms with van der Waals surface area (Å²) in [4.78, 5) is 31.9. The van der Waals surface area contributed by atoms with E-state index in [0.717, 1.165) is 48.5 Å². The van der Waals surface area contributed by atoms with Crippen molar-refractivity contribution in [3.05, 3.63) is 44.1 Å². The van der Waals surface area contributed by atoms with Crippen LogP contribution < -0.4 is 10.9 Å². The molecule has 3 aromatic heterocycles. The van der Waals surface area contributed by atoms with Gasteiger partial charge < -0.3 is 5.32 Å². The highest BCUT2D eigenvalue weighted by molar-refractivity contribution is 7.20. The molecule has 1 atom stereocenters. The van der Waals surface area contributed by atoms with Gasteiger partial charge in [-0.2, -0.15) is 5.10 Å². The minimum atomic E-state index is -0.153. The van der Waals surface area contributed by atoms with E-state index in [9.17, 15) is 9.59 Å². The van der Waals surface area contributed by atoms with Crippen LogP contribution in [0.2, 0.25) is 0 Å². The second-order valence-electron chi connectivity index (χ2n) is 7.65. The monoisotopic (exact) mass is 399 g/mol. The highest BCUT2D eigenvalue weighted by Gasteiger charge is 2.23. The first kappa shape index (κ1) is 18.9. The predicted molar refractivity (Wildman–Crippen MR) is 110 cm³/mol. The molecular weight excluding hydrogens is 374 g/mol. The minimum Gasteiger partial charge on any atom is -0.348 e. The van der Waals surface area contributed by atoms with Crippen LogP contribution in [0.15, 0.2) is 10.9 Å². The molecular formula is C20H25N5O2S. The number of rotatable bonds is 4. The van der Waals surface area contributed by atoms with E-state index in [1.165, 1.54) is 11.3 Å². The van der Waals surface area contributed by atoms with Gasteiger partial charge in [0.25, 0.3) is 11.5 Å². The average Bonchev–Trinajstić information content (AvgIpc) is 3.09. The molecule has 2 N–H and O–H groups in total. The number of carbonyl (C=O) groups is 1. The molecule has 148 valence electrons. The quantitative estimate of drug-likeness (QED) is 0.705. The molecule has 1 amide bonds. The number of aryl methyl sites for hydroxylation is 3. The number of aromatic amines is 1. The van der Waals surface area contributed by atoms with Gasteiger partial charge in [0.15, 0.2) is 0 Å². The fraction of sp³-hybridized carbons (Fsp3) is 0.500. The van der Waals surface area contributed by atoms with Crippen LogP contribution in [0.1, 0.15) is 58.6 Å². The fourth-order valence-electron chi connectivity index (χ4n) is 3.86. The van der Waals surface area contributed by atoms with E-state index in [1.807, 2.05) is 26.8 Å². The van der Waals surface area contributed by atoms with Gasteiger partial charge in [-0.05, 0) is 45.2 Å². The summed E-state index contributed by atoms with van der Waals surface area (Å²) in [5, 5.41) is 10.8. The molecule has 0 bridgehead atoms. The Labute approximate surface area is 167 Å². The van der Waals surface area contributed by atoms with Crippen LogP contribution >= 0.6 is 11.3 Å². The van der Waals surface area contributed by atoms with Crippen molar-refractivity contribution in [2.24, 2.45) is 0 Å². The molecule has 3 aromatic rings. The molecule has 8 heteroatoms. The Balaban J connectivity index is 1.61. The Morgan fingerprint density at radius 3 is 2.93 bits per heavy atom. The van der Waals surface area contributed by atoms with Gasteiger partial charge in [-0.15, -0.1) is 11.3 Å². The maximum Gasteiger partial charge on any atom is 0.262 e. The zero-order valence-corrected chi connectivity index (χ0v) is 17.3. The smallest absolute Gasteiger partial charge is 0.262 e. The van der Waals surface area contributed by atoms with Crippen molar-refractivity contribution >= 4 is 27.5 Å². The molecule has 0 radical (unpaired) electrons. The Morgan fingerprint density at radius 2 is 2.18 bits per heavy atom. The number of H-pyrrole nitrogens is 1. The molecule has 28 heavy (non-hydrogen) atoms. The van der Waals surface area contributed by atoms with Crippen molar-refractivity contribution < 1.29 is 4.79 Å². The van der Waals surface area contributed by atoms with Crippen molar-refractivity contribution in [2.45, 2.75) is 65.5 Å². The lowest BCUT2D eigenvalue weighted by Crippen LogP contribution is -2.34. The van der Waals surface area contributed by atoms with Gasteiger partial charge in [-0.1, -0.05) is 6.42 Å². The van der Waals surface area contributed by atoms with E-state index >= 15 is 0 Å². The number of nitrogens with one attached hydrogen (secondary N) is 2. The standard InChI is InChI=1S/C20H25N5O2S/c1-11(9-14-10-12(2)23-24-14)21-18(26)17-13(3)16-19(28-17)22-15-7-5-4-6-8-25(15)20(16)27/h10-11H,4-9H2,1-3H3,(H,21,26)(H,23,24)/t11-/m1/s1. The van der Waals surface area contributed by atoms with Crippen molar-refractivity contribution in [3.8, 4) is 0 Å². The maximum absolute atomic E-state index is 13.0. The van der Waals surface area contributed by atoms with Gasteiger partial charge in [0.1, 0.15) is 10.7 Å². The molecule has 0 saturated heterocycles. The largest absolute Gasteiger partial charge is 0.348 e. The summed E-state index contributed by atoms with van der Waals surface area (Å²) >= 11 is 1.32. The zero-order valence-electron chi connectivity index (χ0n) is 16.5. The van der Waals surface area contributed by atoms with Crippen LogP contribution in [0.25, 0.3) is 10.2 Å². The van der Waals surface area contributed by atoms with Gasteiger partial charge >= 0.3 is 0 Å². The third-order valence-electron chi connectivity index (χ3n) is 5.27. The van der Waals surface area contributed by atoms with Gasteiger partial charge in [-0.25, -0.2) is 4.98 Å². The van der Waals surface area contributed by atoms with Crippen LogP contribution in [-0.4, -0.2) is 31.7 Å². The Bertz CT molecular complexity index is 1090. The van der Waals surface area contributed by atoms with Gasteiger partial charge in [0.2, 0.25) is 0 Å². The lowest BCUT2D eigenvalue weighted by molar-refractivity contribution is 0.0943. The molecule has 1 aliphatic rings. The van der Waals surface area contributed by atoms with E-state index in [1.54, 1.807) is 4.57 Å². The summed E-state index contributed by atoms with van der Waals surface area (Å²) in [6.07, 6.45) is 4.65. The molecule has 1 aliphatic heterocycles. The van der Waals surface area contributed by atoms with E-state index < -0.39 is 0 Å². The molecule has 4 heterocycles. The number of hydrogen-bond acceptors (Lipinski definition) is 5. The van der Waals surface area contributed by atoms with Gasteiger partial charge in [-0.3, -0.25) is 19.3 Å². The first-order chi connectivity index (χ1) is 13.4. The number of hydrogen-bond donors (Lipinski definition) is 2. The third-order valence-corrected chi connectivity index (χ3v) is 6.45. The van der Waals surface area contributed by atoms with E-state index in [-0.39, 0.29) is 17.5 Å². The molecule has 0 aromatic carbocycles. The van der Waals surface area contributed by atoms with E-state index in [2.05, 4.69) is 15.5 Å². The predicted octanol–water partition coefficient (Wildman–Crippen LogP) is 2.89. The number of nitrogens with zero attached hydrogens (tertiary/aromatic N) is 3. The fourth-order valence-corrected chi connectivity index (χ4v) is 4.95. The molecule has 0 unspecified atom stereocenters. The molecule has 7 nitrogen and oxygen atoms in total. The summed E-state index contributed by atoms with van der Waals surface area (Å²) < 4.78 is 1.80. The molecule has 0 fully saturated rings. The van der Waals surface area contributed by atoms with Gasteiger partial charge in [0.05, 0.1) is 16.0 Å². The third kappa shape index (κ3) is 3.48. The highest BCUT2D eigenvalue weighted by Crippen LogP contribution is 2.28. The minimum absolute atomic E-state index is 0.00486. The number of thiophene rings is 1. The highest BCUT2D eigenvalue weighted by atomic mass is 32.1. The Hall–Kier alpha value is -2.48. The summed E-state index contributed by atoms with van der Waals surface area (Å²) in [6.45, 7) is 6.48. The summed E-state index contributed by atoms with van der Waals surface area (Å²) in [6, 6.07) is 1.91. The average molecular weight is 400 g/mol. The Morgan fingerprint density at radius 1 is 1.36 bits per heavy atom. The first-order valence-electron chi connectivity index (χ1n) is 9.78. The van der Waals surface area contributed by atoms with Crippen LogP contribution in [0.4, 0.5) is 0 Å². The summed E-state index contributed by atoms with van der Waals surface area (Å²) in [5.74, 6) is 0.699. The molecule has 0 aliphatic carbocycles. The summed E-state index contributed by atoms with van der Waals surface area (Å²) in [5.41, 5.74) is 2.65. The van der Waals surface area contributed by atoms with E-state index in [4.69, 9.17) is 4.98 Å². The lowest BCUT2D eigenvalue weighted by Gasteiger charge is -2.12.